The Hall–Kier alpha value is -3.09. The lowest BCUT2D eigenvalue weighted by Crippen LogP contribution is -2.16. The first-order valence-corrected chi connectivity index (χ1v) is 8.09. The standard InChI is InChI=1S/C19H24N2O5/c1-23-15-7-5-13(6-8-15)21-18(22)9-10-20-14-11-16(24-2)19(26-4)17(12-14)25-3/h5-8,11-12,20H,9-10H2,1-4H3,(H,21,22). The van der Waals surface area contributed by atoms with Crippen molar-refractivity contribution in [2.75, 3.05) is 45.6 Å². The van der Waals surface area contributed by atoms with Gasteiger partial charge in [-0.15, -0.1) is 0 Å². The quantitative estimate of drug-likeness (QED) is 0.715. The fourth-order valence-corrected chi connectivity index (χ4v) is 2.40. The smallest absolute Gasteiger partial charge is 0.226 e. The van der Waals surface area contributed by atoms with Gasteiger partial charge >= 0.3 is 0 Å². The molecule has 26 heavy (non-hydrogen) atoms. The van der Waals surface area contributed by atoms with Crippen LogP contribution in [0, 0.1) is 0 Å². The second-order valence-corrected chi connectivity index (χ2v) is 5.37. The van der Waals surface area contributed by atoms with Crippen molar-refractivity contribution >= 4 is 17.3 Å². The molecule has 0 radical (unpaired) electrons. The molecule has 0 fully saturated rings. The molecule has 0 bridgehead atoms. The lowest BCUT2D eigenvalue weighted by atomic mass is 10.2. The average Bonchev–Trinajstić information content (AvgIpc) is 2.67. The minimum atomic E-state index is -0.0879. The number of carbonyl (C=O) groups is 1. The Morgan fingerprint density at radius 2 is 1.46 bits per heavy atom. The third-order valence-corrected chi connectivity index (χ3v) is 3.72. The van der Waals surface area contributed by atoms with E-state index in [2.05, 4.69) is 10.6 Å². The molecular weight excluding hydrogens is 336 g/mol. The maximum Gasteiger partial charge on any atom is 0.226 e. The molecule has 7 heteroatoms. The van der Waals surface area contributed by atoms with E-state index < -0.39 is 0 Å². The van der Waals surface area contributed by atoms with E-state index in [1.54, 1.807) is 64.8 Å². The van der Waals surface area contributed by atoms with Crippen LogP contribution in [0.3, 0.4) is 0 Å². The molecule has 0 heterocycles. The van der Waals surface area contributed by atoms with Crippen LogP contribution in [0.15, 0.2) is 36.4 Å². The van der Waals surface area contributed by atoms with Crippen LogP contribution < -0.4 is 29.6 Å². The van der Waals surface area contributed by atoms with Gasteiger partial charge in [-0.25, -0.2) is 0 Å². The zero-order valence-electron chi connectivity index (χ0n) is 15.4. The number of ether oxygens (including phenoxy) is 4. The molecule has 0 saturated carbocycles. The number of hydrogen-bond donors (Lipinski definition) is 2. The SMILES string of the molecule is COc1ccc(NC(=O)CCNc2cc(OC)c(OC)c(OC)c2)cc1. The Kier molecular flexibility index (Phi) is 6.96. The van der Waals surface area contributed by atoms with E-state index >= 15 is 0 Å². The van der Waals surface area contributed by atoms with E-state index in [0.29, 0.717) is 30.2 Å². The van der Waals surface area contributed by atoms with Gasteiger partial charge in [-0.1, -0.05) is 0 Å². The molecule has 2 aromatic rings. The molecule has 0 aromatic heterocycles. The number of anilines is 2. The largest absolute Gasteiger partial charge is 0.497 e. The van der Waals surface area contributed by atoms with Crippen molar-refractivity contribution in [2.45, 2.75) is 6.42 Å². The monoisotopic (exact) mass is 360 g/mol. The summed E-state index contributed by atoms with van der Waals surface area (Å²) >= 11 is 0. The van der Waals surface area contributed by atoms with Crippen molar-refractivity contribution in [2.24, 2.45) is 0 Å². The van der Waals surface area contributed by atoms with Gasteiger partial charge in [0, 0.05) is 36.5 Å². The third-order valence-electron chi connectivity index (χ3n) is 3.72. The van der Waals surface area contributed by atoms with Gasteiger partial charge in [0.2, 0.25) is 11.7 Å². The van der Waals surface area contributed by atoms with Crippen LogP contribution in [0.25, 0.3) is 0 Å². The van der Waals surface area contributed by atoms with Gasteiger partial charge in [0.1, 0.15) is 5.75 Å². The van der Waals surface area contributed by atoms with E-state index in [-0.39, 0.29) is 5.91 Å². The topological polar surface area (TPSA) is 78.1 Å². The zero-order valence-corrected chi connectivity index (χ0v) is 15.4. The summed E-state index contributed by atoms with van der Waals surface area (Å²) in [7, 11) is 6.27. The minimum Gasteiger partial charge on any atom is -0.497 e. The lowest BCUT2D eigenvalue weighted by molar-refractivity contribution is -0.115. The second kappa shape index (κ2) is 9.41. The van der Waals surface area contributed by atoms with Gasteiger partial charge in [0.15, 0.2) is 11.5 Å². The Labute approximate surface area is 153 Å². The first-order chi connectivity index (χ1) is 12.6. The van der Waals surface area contributed by atoms with Gasteiger partial charge in [0.25, 0.3) is 0 Å². The van der Waals surface area contributed by atoms with Crippen molar-refractivity contribution in [3.8, 4) is 23.0 Å². The number of rotatable bonds is 9. The number of amides is 1. The highest BCUT2D eigenvalue weighted by molar-refractivity contribution is 5.91. The van der Waals surface area contributed by atoms with E-state index in [0.717, 1.165) is 17.1 Å². The van der Waals surface area contributed by atoms with Gasteiger partial charge in [-0.2, -0.15) is 0 Å². The number of carbonyl (C=O) groups excluding carboxylic acids is 1. The van der Waals surface area contributed by atoms with Crippen LogP contribution in [0.4, 0.5) is 11.4 Å². The molecule has 0 aliphatic rings. The van der Waals surface area contributed by atoms with E-state index in [4.69, 9.17) is 18.9 Å². The fourth-order valence-electron chi connectivity index (χ4n) is 2.40. The Morgan fingerprint density at radius 1 is 0.846 bits per heavy atom. The van der Waals surface area contributed by atoms with Gasteiger partial charge in [0.05, 0.1) is 28.4 Å². The van der Waals surface area contributed by atoms with Crippen LogP contribution in [-0.2, 0) is 4.79 Å². The van der Waals surface area contributed by atoms with E-state index in [9.17, 15) is 4.79 Å². The summed E-state index contributed by atoms with van der Waals surface area (Å²) < 4.78 is 21.0. The van der Waals surface area contributed by atoms with Crippen molar-refractivity contribution < 1.29 is 23.7 Å². The summed E-state index contributed by atoms with van der Waals surface area (Å²) in [6.07, 6.45) is 0.308. The van der Waals surface area contributed by atoms with Crippen molar-refractivity contribution in [3.63, 3.8) is 0 Å². The summed E-state index contributed by atoms with van der Waals surface area (Å²) in [5.41, 5.74) is 1.50. The molecule has 2 N–H and O–H groups in total. The van der Waals surface area contributed by atoms with Gasteiger partial charge in [-0.05, 0) is 24.3 Å². The van der Waals surface area contributed by atoms with Gasteiger partial charge < -0.3 is 29.6 Å². The van der Waals surface area contributed by atoms with E-state index in [1.165, 1.54) is 0 Å². The summed E-state index contributed by atoms with van der Waals surface area (Å²) in [6.45, 7) is 0.459. The molecule has 1 amide bonds. The Bertz CT molecular complexity index is 706. The predicted octanol–water partition coefficient (Wildman–Crippen LogP) is 3.16. The summed E-state index contributed by atoms with van der Waals surface area (Å²) in [5, 5.41) is 6.02. The molecule has 7 nitrogen and oxygen atoms in total. The average molecular weight is 360 g/mol. The van der Waals surface area contributed by atoms with Crippen molar-refractivity contribution in [1.29, 1.82) is 0 Å². The van der Waals surface area contributed by atoms with Crippen LogP contribution in [-0.4, -0.2) is 40.9 Å². The molecule has 0 atom stereocenters. The van der Waals surface area contributed by atoms with Crippen LogP contribution in [0.5, 0.6) is 23.0 Å². The molecule has 140 valence electrons. The first kappa shape index (κ1) is 19.2. The molecule has 0 saturated heterocycles. The number of hydrogen-bond acceptors (Lipinski definition) is 6. The zero-order chi connectivity index (χ0) is 18.9. The first-order valence-electron chi connectivity index (χ1n) is 8.09. The maximum atomic E-state index is 12.1. The predicted molar refractivity (Wildman–Crippen MR) is 101 cm³/mol. The third kappa shape index (κ3) is 4.95. The summed E-state index contributed by atoms with van der Waals surface area (Å²) in [4.78, 5) is 12.1. The van der Waals surface area contributed by atoms with Crippen LogP contribution in [0.2, 0.25) is 0 Å². The molecule has 0 aliphatic heterocycles. The molecule has 0 spiro atoms. The van der Waals surface area contributed by atoms with Crippen LogP contribution >= 0.6 is 0 Å². The number of methoxy groups -OCH3 is 4. The molecule has 2 aromatic carbocycles. The van der Waals surface area contributed by atoms with E-state index in [1.807, 2.05) is 0 Å². The summed E-state index contributed by atoms with van der Waals surface area (Å²) in [6, 6.07) is 10.8. The normalized spacial score (nSPS) is 10.0. The van der Waals surface area contributed by atoms with Crippen LogP contribution in [0.1, 0.15) is 6.42 Å². The maximum absolute atomic E-state index is 12.1. The molecule has 2 rings (SSSR count). The number of benzene rings is 2. The minimum absolute atomic E-state index is 0.0879. The highest BCUT2D eigenvalue weighted by Gasteiger charge is 2.13. The lowest BCUT2D eigenvalue weighted by Gasteiger charge is -2.15. The second-order valence-electron chi connectivity index (χ2n) is 5.37. The Balaban J connectivity index is 1.91. The highest BCUT2D eigenvalue weighted by Crippen LogP contribution is 2.39. The number of nitrogens with one attached hydrogen (secondary N) is 2. The highest BCUT2D eigenvalue weighted by atomic mass is 16.5. The fraction of sp³-hybridized carbons (Fsp3) is 0.316. The Morgan fingerprint density at radius 3 is 1.96 bits per heavy atom. The van der Waals surface area contributed by atoms with Crippen molar-refractivity contribution in [1.82, 2.24) is 0 Å². The molecule has 0 unspecified atom stereocenters. The molecular formula is C19H24N2O5. The van der Waals surface area contributed by atoms with Crippen molar-refractivity contribution in [3.05, 3.63) is 36.4 Å². The molecule has 0 aliphatic carbocycles. The summed E-state index contributed by atoms with van der Waals surface area (Å²) in [5.74, 6) is 2.29. The van der Waals surface area contributed by atoms with Gasteiger partial charge in [-0.3, -0.25) is 4.79 Å².